The molecule has 1 aromatic carbocycles. The lowest BCUT2D eigenvalue weighted by Crippen LogP contribution is -1.90. The van der Waals surface area contributed by atoms with E-state index in [1.54, 1.807) is 18.2 Å². The van der Waals surface area contributed by atoms with E-state index >= 15 is 0 Å². The van der Waals surface area contributed by atoms with Crippen molar-refractivity contribution in [2.24, 2.45) is 0 Å². The second kappa shape index (κ2) is 5.86. The van der Waals surface area contributed by atoms with Crippen molar-refractivity contribution in [2.75, 3.05) is 0 Å². The fourth-order valence-electron chi connectivity index (χ4n) is 1.15. The van der Waals surface area contributed by atoms with Crippen LogP contribution < -0.4 is 4.74 Å². The van der Waals surface area contributed by atoms with Crippen LogP contribution in [0.25, 0.3) is 0 Å². The molecule has 1 aromatic rings. The predicted octanol–water partition coefficient (Wildman–Crippen LogP) is 3.88. The van der Waals surface area contributed by atoms with Gasteiger partial charge in [-0.3, -0.25) is 0 Å². The molecule has 0 fully saturated rings. The molecule has 0 aromatic heterocycles. The Morgan fingerprint density at radius 3 is 2.53 bits per heavy atom. The molecule has 0 aliphatic rings. The molecular weight excluding hydrogens is 184 g/mol. The molecule has 0 spiro atoms. The van der Waals surface area contributed by atoms with E-state index in [9.17, 15) is 0 Å². The Labute approximate surface area is 91.4 Å². The minimum absolute atomic E-state index is 0.610. The van der Waals surface area contributed by atoms with Gasteiger partial charge >= 0.3 is 0 Å². The van der Waals surface area contributed by atoms with E-state index in [-0.39, 0.29) is 0 Å². The maximum absolute atomic E-state index is 5.49. The summed E-state index contributed by atoms with van der Waals surface area (Å²) >= 11 is 0. The van der Waals surface area contributed by atoms with Crippen molar-refractivity contribution >= 4 is 0 Å². The first-order valence-corrected chi connectivity index (χ1v) is 5.01. The Hall–Kier alpha value is -1.76. The normalized spacial score (nSPS) is 10.2. The Morgan fingerprint density at radius 2 is 2.00 bits per heavy atom. The predicted molar refractivity (Wildman–Crippen MR) is 64.9 cm³/mol. The lowest BCUT2D eigenvalue weighted by Gasteiger charge is -2.05. The summed E-state index contributed by atoms with van der Waals surface area (Å²) in [6.07, 6.45) is 6.30. The minimum atomic E-state index is 0.610. The summed E-state index contributed by atoms with van der Waals surface area (Å²) in [4.78, 5) is 0. The Morgan fingerprint density at radius 1 is 1.33 bits per heavy atom. The SMILES string of the molecule is C=C/C=C\C(=C)Oc1ccc(CC)cc1. The summed E-state index contributed by atoms with van der Waals surface area (Å²) < 4.78 is 5.49. The van der Waals surface area contributed by atoms with Crippen molar-refractivity contribution in [3.05, 3.63) is 67.0 Å². The molecule has 0 radical (unpaired) electrons. The van der Waals surface area contributed by atoms with Gasteiger partial charge in [-0.25, -0.2) is 0 Å². The zero-order valence-electron chi connectivity index (χ0n) is 9.07. The zero-order chi connectivity index (χ0) is 11.1. The maximum Gasteiger partial charge on any atom is 0.127 e. The molecule has 0 bridgehead atoms. The van der Waals surface area contributed by atoms with Crippen molar-refractivity contribution < 1.29 is 4.74 Å². The largest absolute Gasteiger partial charge is 0.458 e. The smallest absolute Gasteiger partial charge is 0.127 e. The first-order valence-electron chi connectivity index (χ1n) is 5.01. The number of hydrogen-bond donors (Lipinski definition) is 0. The molecular formula is C14H16O. The van der Waals surface area contributed by atoms with Crippen LogP contribution in [-0.2, 0) is 6.42 Å². The monoisotopic (exact) mass is 200 g/mol. The molecule has 1 heteroatoms. The number of hydrogen-bond acceptors (Lipinski definition) is 1. The van der Waals surface area contributed by atoms with Crippen LogP contribution in [0.15, 0.2) is 61.4 Å². The van der Waals surface area contributed by atoms with Gasteiger partial charge in [0.2, 0.25) is 0 Å². The van der Waals surface area contributed by atoms with E-state index in [1.807, 2.05) is 12.1 Å². The van der Waals surface area contributed by atoms with E-state index in [0.29, 0.717) is 5.76 Å². The summed E-state index contributed by atoms with van der Waals surface area (Å²) in [6, 6.07) is 8.01. The van der Waals surface area contributed by atoms with Crippen LogP contribution in [0.1, 0.15) is 12.5 Å². The topological polar surface area (TPSA) is 9.23 Å². The quantitative estimate of drug-likeness (QED) is 0.517. The standard InChI is InChI=1S/C14H16O/c1-4-6-7-12(3)15-14-10-8-13(5-2)9-11-14/h4,6-11H,1,3,5H2,2H3/b7-6-. The summed E-state index contributed by atoms with van der Waals surface area (Å²) in [5, 5.41) is 0. The minimum Gasteiger partial charge on any atom is -0.458 e. The van der Waals surface area contributed by atoms with E-state index in [1.165, 1.54) is 5.56 Å². The number of allylic oxidation sites excluding steroid dienone is 3. The highest BCUT2D eigenvalue weighted by atomic mass is 16.5. The van der Waals surface area contributed by atoms with Gasteiger partial charge in [-0.1, -0.05) is 44.4 Å². The van der Waals surface area contributed by atoms with Crippen LogP contribution in [0.2, 0.25) is 0 Å². The average Bonchev–Trinajstić information content (AvgIpc) is 2.27. The molecule has 0 aliphatic carbocycles. The second-order valence-corrected chi connectivity index (χ2v) is 3.16. The third kappa shape index (κ3) is 3.86. The Bertz CT molecular complexity index is 357. The molecule has 0 heterocycles. The Balaban J connectivity index is 2.60. The lowest BCUT2D eigenvalue weighted by atomic mass is 10.2. The average molecular weight is 200 g/mol. The number of aryl methyl sites for hydroxylation is 1. The van der Waals surface area contributed by atoms with Crippen LogP contribution in [0.4, 0.5) is 0 Å². The fraction of sp³-hybridized carbons (Fsp3) is 0.143. The van der Waals surface area contributed by atoms with Crippen LogP contribution in [-0.4, -0.2) is 0 Å². The van der Waals surface area contributed by atoms with Gasteiger partial charge in [0, 0.05) is 0 Å². The van der Waals surface area contributed by atoms with Gasteiger partial charge < -0.3 is 4.74 Å². The molecule has 1 rings (SSSR count). The van der Waals surface area contributed by atoms with Gasteiger partial charge in [-0.2, -0.15) is 0 Å². The van der Waals surface area contributed by atoms with Gasteiger partial charge in [0.25, 0.3) is 0 Å². The summed E-state index contributed by atoms with van der Waals surface area (Å²) in [5.41, 5.74) is 1.30. The third-order valence-electron chi connectivity index (χ3n) is 2.00. The van der Waals surface area contributed by atoms with Crippen LogP contribution in [0.5, 0.6) is 5.75 Å². The molecule has 0 atom stereocenters. The van der Waals surface area contributed by atoms with Gasteiger partial charge in [0.1, 0.15) is 11.5 Å². The molecule has 0 amide bonds. The number of rotatable bonds is 5. The van der Waals surface area contributed by atoms with Crippen LogP contribution in [0.3, 0.4) is 0 Å². The first kappa shape index (κ1) is 11.3. The summed E-state index contributed by atoms with van der Waals surface area (Å²) in [5.74, 6) is 1.42. The Kier molecular flexibility index (Phi) is 4.42. The second-order valence-electron chi connectivity index (χ2n) is 3.16. The summed E-state index contributed by atoms with van der Waals surface area (Å²) in [7, 11) is 0. The van der Waals surface area contributed by atoms with Gasteiger partial charge in [-0.15, -0.1) is 0 Å². The maximum atomic E-state index is 5.49. The van der Waals surface area contributed by atoms with Gasteiger partial charge in [0.05, 0.1) is 0 Å². The van der Waals surface area contributed by atoms with Crippen molar-refractivity contribution in [3.63, 3.8) is 0 Å². The highest BCUT2D eigenvalue weighted by Gasteiger charge is 1.94. The van der Waals surface area contributed by atoms with Crippen molar-refractivity contribution in [1.82, 2.24) is 0 Å². The van der Waals surface area contributed by atoms with Crippen molar-refractivity contribution in [2.45, 2.75) is 13.3 Å². The van der Waals surface area contributed by atoms with E-state index < -0.39 is 0 Å². The van der Waals surface area contributed by atoms with Crippen LogP contribution >= 0.6 is 0 Å². The molecule has 78 valence electrons. The fourth-order valence-corrected chi connectivity index (χ4v) is 1.15. The molecule has 0 aliphatic heterocycles. The van der Waals surface area contributed by atoms with E-state index in [2.05, 4.69) is 32.2 Å². The highest BCUT2D eigenvalue weighted by Crippen LogP contribution is 2.15. The van der Waals surface area contributed by atoms with Crippen molar-refractivity contribution in [1.29, 1.82) is 0 Å². The molecule has 15 heavy (non-hydrogen) atoms. The molecule has 0 N–H and O–H groups in total. The number of benzene rings is 1. The van der Waals surface area contributed by atoms with Gasteiger partial charge in [-0.05, 0) is 30.2 Å². The molecule has 0 saturated heterocycles. The zero-order valence-corrected chi connectivity index (χ0v) is 9.07. The first-order chi connectivity index (χ1) is 7.26. The van der Waals surface area contributed by atoms with E-state index in [4.69, 9.17) is 4.74 Å². The molecule has 0 unspecified atom stereocenters. The van der Waals surface area contributed by atoms with E-state index in [0.717, 1.165) is 12.2 Å². The number of ether oxygens (including phenoxy) is 1. The van der Waals surface area contributed by atoms with Crippen LogP contribution in [0, 0.1) is 0 Å². The summed E-state index contributed by atoms with van der Waals surface area (Å²) in [6.45, 7) is 9.48. The lowest BCUT2D eigenvalue weighted by molar-refractivity contribution is 0.447. The van der Waals surface area contributed by atoms with Gasteiger partial charge in [0.15, 0.2) is 0 Å². The van der Waals surface area contributed by atoms with Crippen molar-refractivity contribution in [3.8, 4) is 5.75 Å². The third-order valence-corrected chi connectivity index (χ3v) is 2.00. The highest BCUT2D eigenvalue weighted by molar-refractivity contribution is 5.30. The molecule has 0 saturated carbocycles. The molecule has 1 nitrogen and oxygen atoms in total.